The normalized spacial score (nSPS) is 13.0. The number of aryl methyl sites for hydroxylation is 2. The zero-order chi connectivity index (χ0) is 14.1. The minimum absolute atomic E-state index is 0.896. The molecule has 21 heavy (non-hydrogen) atoms. The molecule has 4 heterocycles. The van der Waals surface area contributed by atoms with Crippen LogP contribution < -0.4 is 4.57 Å². The summed E-state index contributed by atoms with van der Waals surface area (Å²) in [5.74, 6) is 0. The molecule has 0 fully saturated rings. The monoisotopic (exact) mass is 291 g/mol. The van der Waals surface area contributed by atoms with Crippen LogP contribution in [0.25, 0.3) is 31.6 Å². The number of aromatic nitrogens is 2. The average molecular weight is 291 g/mol. The van der Waals surface area contributed by atoms with E-state index in [0.717, 1.165) is 6.67 Å². The Balaban J connectivity index is 2.11. The Kier molecular flexibility index (Phi) is 2.05. The standard InChI is InChI=1S/C18H15N2S/c1-11-9-12(2)20-10-19-8-4-7-15-18(19)16-13(17(11)20)5-3-6-14(16)21-15/h3-9H,10H2,1-2H3/q+1. The molecule has 102 valence electrons. The number of benzene rings is 1. The van der Waals surface area contributed by atoms with Crippen LogP contribution in [0.1, 0.15) is 11.3 Å². The van der Waals surface area contributed by atoms with Gasteiger partial charge in [0.25, 0.3) is 0 Å². The fourth-order valence-corrected chi connectivity index (χ4v) is 4.87. The van der Waals surface area contributed by atoms with Gasteiger partial charge in [-0.3, -0.25) is 4.57 Å². The number of hydrogen-bond acceptors (Lipinski definition) is 1. The third-order valence-electron chi connectivity index (χ3n) is 4.56. The van der Waals surface area contributed by atoms with Crippen molar-refractivity contribution in [3.63, 3.8) is 0 Å². The molecular formula is C18H15N2S+. The van der Waals surface area contributed by atoms with Gasteiger partial charge in [-0.25, -0.2) is 0 Å². The van der Waals surface area contributed by atoms with E-state index in [1.807, 2.05) is 11.3 Å². The number of hydrogen-bond donors (Lipinski definition) is 0. The van der Waals surface area contributed by atoms with Crippen LogP contribution in [0.2, 0.25) is 0 Å². The van der Waals surface area contributed by atoms with Gasteiger partial charge in [0.1, 0.15) is 4.70 Å². The second-order valence-electron chi connectivity index (χ2n) is 5.86. The third kappa shape index (κ3) is 1.34. The number of fused-ring (bicyclic) bond motifs is 2. The van der Waals surface area contributed by atoms with Gasteiger partial charge in [0.2, 0.25) is 12.2 Å². The average Bonchev–Trinajstić information content (AvgIpc) is 2.91. The van der Waals surface area contributed by atoms with Gasteiger partial charge in [0.15, 0.2) is 6.20 Å². The van der Waals surface area contributed by atoms with Gasteiger partial charge < -0.3 is 0 Å². The summed E-state index contributed by atoms with van der Waals surface area (Å²) in [6.07, 6.45) is 2.20. The zero-order valence-electron chi connectivity index (χ0n) is 12.1. The Morgan fingerprint density at radius 1 is 1.10 bits per heavy atom. The molecule has 0 saturated heterocycles. The van der Waals surface area contributed by atoms with Crippen molar-refractivity contribution in [2.45, 2.75) is 20.5 Å². The van der Waals surface area contributed by atoms with Crippen molar-refractivity contribution < 1.29 is 4.57 Å². The second-order valence-corrected chi connectivity index (χ2v) is 6.94. The van der Waals surface area contributed by atoms with Crippen molar-refractivity contribution in [3.8, 4) is 11.3 Å². The summed E-state index contributed by atoms with van der Waals surface area (Å²) in [4.78, 5) is 0. The first-order chi connectivity index (χ1) is 10.2. The van der Waals surface area contributed by atoms with Crippen LogP contribution in [0.3, 0.4) is 0 Å². The molecule has 3 heteroatoms. The van der Waals surface area contributed by atoms with Crippen LogP contribution in [-0.4, -0.2) is 4.57 Å². The molecule has 0 aliphatic carbocycles. The summed E-state index contributed by atoms with van der Waals surface area (Å²) < 4.78 is 7.59. The highest BCUT2D eigenvalue weighted by Crippen LogP contribution is 2.41. The van der Waals surface area contributed by atoms with E-state index in [-0.39, 0.29) is 0 Å². The van der Waals surface area contributed by atoms with E-state index in [1.165, 1.54) is 42.8 Å². The van der Waals surface area contributed by atoms with Crippen LogP contribution in [0.15, 0.2) is 42.6 Å². The Labute approximate surface area is 126 Å². The molecule has 5 rings (SSSR count). The fourth-order valence-electron chi connectivity index (χ4n) is 3.71. The molecular weight excluding hydrogens is 276 g/mol. The maximum atomic E-state index is 2.44. The van der Waals surface area contributed by atoms with Gasteiger partial charge in [-0.2, -0.15) is 4.57 Å². The number of thiophene rings is 1. The predicted octanol–water partition coefficient (Wildman–Crippen LogP) is 4.25. The minimum Gasteiger partial charge on any atom is -0.289 e. The first-order valence-electron chi connectivity index (χ1n) is 7.25. The Morgan fingerprint density at radius 2 is 1.95 bits per heavy atom. The van der Waals surface area contributed by atoms with Gasteiger partial charge >= 0.3 is 0 Å². The van der Waals surface area contributed by atoms with Crippen molar-refractivity contribution in [3.05, 3.63) is 53.9 Å². The fraction of sp³-hybridized carbons (Fsp3) is 0.167. The molecule has 0 saturated carbocycles. The topological polar surface area (TPSA) is 8.81 Å². The SMILES string of the molecule is Cc1cc(C)n2c1-c1cccc3sc4ccc[n+](c4c13)C2. The third-order valence-corrected chi connectivity index (χ3v) is 5.67. The quantitative estimate of drug-likeness (QED) is 0.377. The molecule has 1 aliphatic rings. The van der Waals surface area contributed by atoms with E-state index in [0.29, 0.717) is 0 Å². The summed E-state index contributed by atoms with van der Waals surface area (Å²) in [6, 6.07) is 13.4. The van der Waals surface area contributed by atoms with Crippen molar-refractivity contribution >= 4 is 31.6 Å². The predicted molar refractivity (Wildman–Crippen MR) is 87.8 cm³/mol. The zero-order valence-corrected chi connectivity index (χ0v) is 12.9. The Hall–Kier alpha value is -2.13. The smallest absolute Gasteiger partial charge is 0.233 e. The van der Waals surface area contributed by atoms with Gasteiger partial charge in [-0.05, 0) is 37.6 Å². The van der Waals surface area contributed by atoms with Crippen LogP contribution >= 0.6 is 11.3 Å². The largest absolute Gasteiger partial charge is 0.289 e. The highest BCUT2D eigenvalue weighted by Gasteiger charge is 2.26. The van der Waals surface area contributed by atoms with Crippen molar-refractivity contribution in [1.29, 1.82) is 0 Å². The van der Waals surface area contributed by atoms with Gasteiger partial charge in [-0.15, -0.1) is 11.3 Å². The van der Waals surface area contributed by atoms with E-state index in [2.05, 4.69) is 65.6 Å². The number of nitrogens with zero attached hydrogens (tertiary/aromatic N) is 2. The maximum Gasteiger partial charge on any atom is 0.233 e. The number of pyridine rings is 1. The van der Waals surface area contributed by atoms with E-state index < -0.39 is 0 Å². The summed E-state index contributed by atoms with van der Waals surface area (Å²) in [7, 11) is 0. The summed E-state index contributed by atoms with van der Waals surface area (Å²) in [6.45, 7) is 5.32. The molecule has 2 nitrogen and oxygen atoms in total. The van der Waals surface area contributed by atoms with E-state index in [1.54, 1.807) is 0 Å². The maximum absolute atomic E-state index is 2.44. The molecule has 0 radical (unpaired) electrons. The van der Waals surface area contributed by atoms with Crippen molar-refractivity contribution in [1.82, 2.24) is 4.57 Å². The second kappa shape index (κ2) is 3.74. The Morgan fingerprint density at radius 3 is 2.86 bits per heavy atom. The summed E-state index contributed by atoms with van der Waals surface area (Å²) in [5.41, 5.74) is 6.84. The molecule has 3 aromatic heterocycles. The molecule has 0 N–H and O–H groups in total. The summed E-state index contributed by atoms with van der Waals surface area (Å²) >= 11 is 1.90. The van der Waals surface area contributed by atoms with E-state index in [4.69, 9.17) is 0 Å². The van der Waals surface area contributed by atoms with Gasteiger partial charge in [0.05, 0.1) is 11.1 Å². The van der Waals surface area contributed by atoms with Gasteiger partial charge in [-0.1, -0.05) is 12.1 Å². The lowest BCUT2D eigenvalue weighted by molar-refractivity contribution is -0.674. The lowest BCUT2D eigenvalue weighted by Gasteiger charge is -2.07. The lowest BCUT2D eigenvalue weighted by Crippen LogP contribution is -2.37. The highest BCUT2D eigenvalue weighted by molar-refractivity contribution is 7.25. The summed E-state index contributed by atoms with van der Waals surface area (Å²) in [5, 5.41) is 1.41. The molecule has 0 amide bonds. The van der Waals surface area contributed by atoms with Crippen LogP contribution in [0.4, 0.5) is 0 Å². The lowest BCUT2D eigenvalue weighted by atomic mass is 10.0. The number of rotatable bonds is 0. The van der Waals surface area contributed by atoms with E-state index in [9.17, 15) is 0 Å². The Bertz CT molecular complexity index is 1040. The molecule has 4 aromatic rings. The molecule has 0 bridgehead atoms. The minimum atomic E-state index is 0.896. The first kappa shape index (κ1) is 11.5. The van der Waals surface area contributed by atoms with Crippen LogP contribution in [0.5, 0.6) is 0 Å². The molecule has 0 atom stereocenters. The highest BCUT2D eigenvalue weighted by atomic mass is 32.1. The molecule has 0 unspecified atom stereocenters. The van der Waals surface area contributed by atoms with E-state index >= 15 is 0 Å². The molecule has 1 aromatic carbocycles. The van der Waals surface area contributed by atoms with Crippen LogP contribution in [-0.2, 0) is 6.67 Å². The van der Waals surface area contributed by atoms with Crippen molar-refractivity contribution in [2.24, 2.45) is 0 Å². The van der Waals surface area contributed by atoms with Crippen LogP contribution in [0, 0.1) is 13.8 Å². The van der Waals surface area contributed by atoms with Crippen molar-refractivity contribution in [2.75, 3.05) is 0 Å². The molecule has 1 aliphatic heterocycles. The molecule has 0 spiro atoms. The van der Waals surface area contributed by atoms with Gasteiger partial charge in [0, 0.05) is 22.0 Å². The first-order valence-corrected chi connectivity index (χ1v) is 8.06.